The van der Waals surface area contributed by atoms with Crippen molar-refractivity contribution in [3.05, 3.63) is 34.6 Å². The molecule has 1 fully saturated rings. The standard InChI is InChI=1S/C14H19ClFN3/c15-10-7-8-13(16)12(9-10)14(19-17)18-11-5-3-1-2-4-6-11/h7-9,11H,1-6,17H2,(H,18,19). The number of aliphatic imine (C=N–C) groups is 1. The number of hydrogen-bond acceptors (Lipinski definition) is 2. The van der Waals surface area contributed by atoms with Gasteiger partial charge in [-0.2, -0.15) is 0 Å². The fraction of sp³-hybridized carbons (Fsp3) is 0.500. The van der Waals surface area contributed by atoms with Gasteiger partial charge in [0, 0.05) is 5.02 Å². The Morgan fingerprint density at radius 2 is 1.95 bits per heavy atom. The molecule has 1 aliphatic carbocycles. The summed E-state index contributed by atoms with van der Waals surface area (Å²) in [5.41, 5.74) is 2.84. The molecule has 0 heterocycles. The smallest absolute Gasteiger partial charge is 0.145 e. The number of amidine groups is 1. The van der Waals surface area contributed by atoms with Crippen molar-refractivity contribution in [3.63, 3.8) is 0 Å². The quantitative estimate of drug-likeness (QED) is 0.287. The van der Waals surface area contributed by atoms with E-state index < -0.39 is 0 Å². The minimum absolute atomic E-state index is 0.215. The van der Waals surface area contributed by atoms with Crippen LogP contribution in [0.4, 0.5) is 4.39 Å². The first-order valence-electron chi connectivity index (χ1n) is 6.70. The van der Waals surface area contributed by atoms with E-state index in [1.165, 1.54) is 37.8 Å². The molecule has 0 atom stereocenters. The van der Waals surface area contributed by atoms with Gasteiger partial charge in [0.25, 0.3) is 0 Å². The summed E-state index contributed by atoms with van der Waals surface area (Å²) in [6.45, 7) is 0. The van der Waals surface area contributed by atoms with Crippen molar-refractivity contribution in [2.75, 3.05) is 0 Å². The Hall–Kier alpha value is -1.13. The zero-order valence-corrected chi connectivity index (χ0v) is 11.6. The van der Waals surface area contributed by atoms with E-state index in [0.717, 1.165) is 12.8 Å². The molecule has 0 spiro atoms. The molecular formula is C14H19ClFN3. The molecule has 3 nitrogen and oxygen atoms in total. The molecule has 0 unspecified atom stereocenters. The maximum absolute atomic E-state index is 13.8. The first-order valence-corrected chi connectivity index (χ1v) is 7.08. The maximum atomic E-state index is 13.8. The van der Waals surface area contributed by atoms with Crippen molar-refractivity contribution in [2.45, 2.75) is 44.6 Å². The van der Waals surface area contributed by atoms with Gasteiger partial charge >= 0.3 is 0 Å². The van der Waals surface area contributed by atoms with E-state index >= 15 is 0 Å². The monoisotopic (exact) mass is 283 g/mol. The summed E-state index contributed by atoms with van der Waals surface area (Å²) in [5.74, 6) is 5.50. The molecule has 1 aliphatic rings. The van der Waals surface area contributed by atoms with Crippen LogP contribution in [0.5, 0.6) is 0 Å². The molecule has 104 valence electrons. The molecule has 1 aromatic carbocycles. The Morgan fingerprint density at radius 1 is 1.26 bits per heavy atom. The van der Waals surface area contributed by atoms with Gasteiger partial charge in [-0.15, -0.1) is 0 Å². The zero-order valence-electron chi connectivity index (χ0n) is 10.8. The van der Waals surface area contributed by atoms with Gasteiger partial charge in [-0.1, -0.05) is 37.3 Å². The highest BCUT2D eigenvalue weighted by Crippen LogP contribution is 2.21. The minimum Gasteiger partial charge on any atom is -0.308 e. The second-order valence-electron chi connectivity index (χ2n) is 4.89. The topological polar surface area (TPSA) is 50.4 Å². The predicted octanol–water partition coefficient (Wildman–Crippen LogP) is 3.41. The lowest BCUT2D eigenvalue weighted by Crippen LogP contribution is -2.33. The number of rotatable bonds is 2. The number of hydrogen-bond donors (Lipinski definition) is 2. The van der Waals surface area contributed by atoms with Gasteiger partial charge in [0.2, 0.25) is 0 Å². The summed E-state index contributed by atoms with van der Waals surface area (Å²) >= 11 is 5.90. The van der Waals surface area contributed by atoms with Crippen LogP contribution in [0.25, 0.3) is 0 Å². The van der Waals surface area contributed by atoms with Crippen LogP contribution in [0, 0.1) is 5.82 Å². The summed E-state index contributed by atoms with van der Waals surface area (Å²) in [7, 11) is 0. The third kappa shape index (κ3) is 3.91. The lowest BCUT2D eigenvalue weighted by atomic mass is 10.1. The van der Waals surface area contributed by atoms with E-state index in [-0.39, 0.29) is 11.9 Å². The van der Waals surface area contributed by atoms with Crippen molar-refractivity contribution in [2.24, 2.45) is 10.8 Å². The van der Waals surface area contributed by atoms with E-state index in [0.29, 0.717) is 16.4 Å². The van der Waals surface area contributed by atoms with Crippen LogP contribution < -0.4 is 11.3 Å². The van der Waals surface area contributed by atoms with Crippen molar-refractivity contribution >= 4 is 17.4 Å². The van der Waals surface area contributed by atoms with Crippen molar-refractivity contribution in [3.8, 4) is 0 Å². The fourth-order valence-corrected chi connectivity index (χ4v) is 2.61. The molecule has 1 aromatic rings. The lowest BCUT2D eigenvalue weighted by Gasteiger charge is -2.13. The van der Waals surface area contributed by atoms with E-state index in [1.54, 1.807) is 6.07 Å². The SMILES string of the molecule is NNC(=NC1CCCCCC1)c1cc(Cl)ccc1F. The molecule has 0 aromatic heterocycles. The van der Waals surface area contributed by atoms with Crippen LogP contribution in [0.15, 0.2) is 23.2 Å². The van der Waals surface area contributed by atoms with Crippen LogP contribution in [0.1, 0.15) is 44.1 Å². The third-order valence-corrected chi connectivity index (χ3v) is 3.69. The van der Waals surface area contributed by atoms with Crippen molar-refractivity contribution in [1.29, 1.82) is 0 Å². The molecular weight excluding hydrogens is 265 g/mol. The number of nitrogens with one attached hydrogen (secondary N) is 1. The largest absolute Gasteiger partial charge is 0.308 e. The number of nitrogens with two attached hydrogens (primary N) is 1. The Kier molecular flexibility index (Phi) is 5.16. The van der Waals surface area contributed by atoms with Crippen LogP contribution in [-0.2, 0) is 0 Å². The molecule has 2 rings (SSSR count). The number of hydrazine groups is 1. The van der Waals surface area contributed by atoms with Gasteiger partial charge in [0.05, 0.1) is 11.6 Å². The summed E-state index contributed by atoms with van der Waals surface area (Å²) in [4.78, 5) is 4.57. The van der Waals surface area contributed by atoms with Gasteiger partial charge in [-0.3, -0.25) is 4.99 Å². The second-order valence-corrected chi connectivity index (χ2v) is 5.33. The first kappa shape index (κ1) is 14.3. The van der Waals surface area contributed by atoms with E-state index in [9.17, 15) is 4.39 Å². The minimum atomic E-state index is -0.366. The summed E-state index contributed by atoms with van der Waals surface area (Å²) < 4.78 is 13.8. The Morgan fingerprint density at radius 3 is 2.58 bits per heavy atom. The molecule has 0 amide bonds. The highest BCUT2D eigenvalue weighted by atomic mass is 35.5. The molecule has 0 saturated heterocycles. The maximum Gasteiger partial charge on any atom is 0.145 e. The van der Waals surface area contributed by atoms with Crippen LogP contribution in [0.3, 0.4) is 0 Å². The molecule has 3 N–H and O–H groups in total. The van der Waals surface area contributed by atoms with Gasteiger partial charge < -0.3 is 5.43 Å². The highest BCUT2D eigenvalue weighted by molar-refractivity contribution is 6.31. The van der Waals surface area contributed by atoms with Crippen LogP contribution in [-0.4, -0.2) is 11.9 Å². The zero-order chi connectivity index (χ0) is 13.7. The number of nitrogens with zero attached hydrogens (tertiary/aromatic N) is 1. The third-order valence-electron chi connectivity index (χ3n) is 3.46. The van der Waals surface area contributed by atoms with Crippen molar-refractivity contribution < 1.29 is 4.39 Å². The molecule has 5 heteroatoms. The lowest BCUT2D eigenvalue weighted by molar-refractivity contribution is 0.581. The normalized spacial score (nSPS) is 18.2. The fourth-order valence-electron chi connectivity index (χ4n) is 2.43. The molecule has 19 heavy (non-hydrogen) atoms. The molecule has 0 aliphatic heterocycles. The summed E-state index contributed by atoms with van der Waals surface area (Å²) in [5, 5.41) is 0.472. The van der Waals surface area contributed by atoms with E-state index in [1.807, 2.05) is 0 Å². The van der Waals surface area contributed by atoms with E-state index in [2.05, 4.69) is 10.4 Å². The highest BCUT2D eigenvalue weighted by Gasteiger charge is 2.15. The van der Waals surface area contributed by atoms with Crippen LogP contribution in [0.2, 0.25) is 5.02 Å². The summed E-state index contributed by atoms with van der Waals surface area (Å²) in [6.07, 6.45) is 6.92. The average Bonchev–Trinajstić information content (AvgIpc) is 2.67. The van der Waals surface area contributed by atoms with Crippen LogP contribution >= 0.6 is 11.6 Å². The van der Waals surface area contributed by atoms with Crippen molar-refractivity contribution in [1.82, 2.24) is 5.43 Å². The van der Waals surface area contributed by atoms with Gasteiger partial charge in [0.1, 0.15) is 11.7 Å². The molecule has 1 saturated carbocycles. The Bertz CT molecular complexity index is 454. The number of benzene rings is 1. The van der Waals surface area contributed by atoms with Gasteiger partial charge in [-0.05, 0) is 31.0 Å². The number of halogens is 2. The first-order chi connectivity index (χ1) is 9.20. The molecule has 0 bridgehead atoms. The Balaban J connectivity index is 2.24. The van der Waals surface area contributed by atoms with E-state index in [4.69, 9.17) is 17.4 Å². The molecule has 0 radical (unpaired) electrons. The Labute approximate surface area is 118 Å². The predicted molar refractivity (Wildman–Crippen MR) is 76.8 cm³/mol. The van der Waals surface area contributed by atoms with Gasteiger partial charge in [0.15, 0.2) is 0 Å². The summed E-state index contributed by atoms with van der Waals surface area (Å²) in [6, 6.07) is 4.61. The second kappa shape index (κ2) is 6.87. The average molecular weight is 284 g/mol. The van der Waals surface area contributed by atoms with Gasteiger partial charge in [-0.25, -0.2) is 10.2 Å².